The van der Waals surface area contributed by atoms with Gasteiger partial charge in [0.2, 0.25) is 11.8 Å². The van der Waals surface area contributed by atoms with Crippen molar-refractivity contribution in [1.82, 2.24) is 15.1 Å². The van der Waals surface area contributed by atoms with Crippen LogP contribution >= 0.6 is 0 Å². The van der Waals surface area contributed by atoms with E-state index in [1.165, 1.54) is 6.42 Å². The van der Waals surface area contributed by atoms with Crippen LogP contribution in [0.1, 0.15) is 43.7 Å². The predicted octanol–water partition coefficient (Wildman–Crippen LogP) is 1.95. The molecule has 1 aliphatic heterocycles. The van der Waals surface area contributed by atoms with E-state index in [1.807, 2.05) is 47.2 Å². The van der Waals surface area contributed by atoms with E-state index in [4.69, 9.17) is 0 Å². The number of amides is 2. The van der Waals surface area contributed by atoms with Gasteiger partial charge in [-0.15, -0.1) is 0 Å². The third-order valence-corrected chi connectivity index (χ3v) is 4.79. The zero-order valence-electron chi connectivity index (χ0n) is 14.4. The molecule has 1 saturated carbocycles. The molecule has 5 nitrogen and oxygen atoms in total. The highest BCUT2D eigenvalue weighted by Gasteiger charge is 2.32. The van der Waals surface area contributed by atoms with E-state index >= 15 is 0 Å². The molecule has 3 rings (SSSR count). The highest BCUT2D eigenvalue weighted by atomic mass is 16.2. The molecule has 130 valence electrons. The number of likely N-dealkylation sites (N-methyl/N-ethyl adjacent to an activating group) is 1. The lowest BCUT2D eigenvalue weighted by molar-refractivity contribution is -0.138. The summed E-state index contributed by atoms with van der Waals surface area (Å²) >= 11 is 0. The van der Waals surface area contributed by atoms with E-state index in [9.17, 15) is 9.59 Å². The second-order valence-electron chi connectivity index (χ2n) is 6.96. The summed E-state index contributed by atoms with van der Waals surface area (Å²) in [5.74, 6) is 0.120. The van der Waals surface area contributed by atoms with Crippen LogP contribution in [-0.4, -0.2) is 54.3 Å². The summed E-state index contributed by atoms with van der Waals surface area (Å²) in [6.45, 7) is 1.89. The van der Waals surface area contributed by atoms with Crippen LogP contribution in [0.15, 0.2) is 30.3 Å². The molecular formula is C19H27N3O2. The summed E-state index contributed by atoms with van der Waals surface area (Å²) in [6.07, 6.45) is 5.48. The van der Waals surface area contributed by atoms with Gasteiger partial charge in [0, 0.05) is 19.1 Å². The van der Waals surface area contributed by atoms with Crippen molar-refractivity contribution >= 4 is 11.8 Å². The van der Waals surface area contributed by atoms with E-state index in [0.29, 0.717) is 6.04 Å². The molecular weight excluding hydrogens is 302 g/mol. The first-order valence-electron chi connectivity index (χ1n) is 8.98. The van der Waals surface area contributed by atoms with Crippen LogP contribution < -0.4 is 5.32 Å². The van der Waals surface area contributed by atoms with Crippen molar-refractivity contribution < 1.29 is 9.59 Å². The smallest absolute Gasteiger partial charge is 0.244 e. The fraction of sp³-hybridized carbons (Fsp3) is 0.579. The molecule has 1 saturated heterocycles. The van der Waals surface area contributed by atoms with Crippen LogP contribution in [0.25, 0.3) is 0 Å². The number of nitrogens with zero attached hydrogens (tertiary/aromatic N) is 2. The molecule has 1 N–H and O–H groups in total. The van der Waals surface area contributed by atoms with Gasteiger partial charge in [0.25, 0.3) is 0 Å². The van der Waals surface area contributed by atoms with Crippen molar-refractivity contribution in [3.63, 3.8) is 0 Å². The maximum absolute atomic E-state index is 13.1. The van der Waals surface area contributed by atoms with Crippen LogP contribution in [0.3, 0.4) is 0 Å². The monoisotopic (exact) mass is 329 g/mol. The van der Waals surface area contributed by atoms with Gasteiger partial charge in [0.15, 0.2) is 0 Å². The Morgan fingerprint density at radius 1 is 1.17 bits per heavy atom. The van der Waals surface area contributed by atoms with E-state index in [2.05, 4.69) is 5.32 Å². The molecule has 2 aliphatic rings. The molecule has 1 aliphatic carbocycles. The minimum atomic E-state index is -0.394. The number of benzene rings is 1. The fourth-order valence-electron chi connectivity index (χ4n) is 3.33. The van der Waals surface area contributed by atoms with Gasteiger partial charge in [-0.25, -0.2) is 0 Å². The molecule has 5 heteroatoms. The number of rotatable bonds is 6. The first-order valence-corrected chi connectivity index (χ1v) is 8.98. The number of piperidine rings is 1. The van der Waals surface area contributed by atoms with Crippen LogP contribution in [0.4, 0.5) is 0 Å². The van der Waals surface area contributed by atoms with Crippen molar-refractivity contribution in [1.29, 1.82) is 0 Å². The third kappa shape index (κ3) is 4.35. The van der Waals surface area contributed by atoms with E-state index in [0.717, 1.165) is 44.3 Å². The third-order valence-electron chi connectivity index (χ3n) is 4.79. The predicted molar refractivity (Wildman–Crippen MR) is 93.4 cm³/mol. The van der Waals surface area contributed by atoms with Crippen molar-refractivity contribution in [3.8, 4) is 0 Å². The number of carbonyl (C=O) groups is 2. The fourth-order valence-corrected chi connectivity index (χ4v) is 3.33. The summed E-state index contributed by atoms with van der Waals surface area (Å²) < 4.78 is 0. The summed E-state index contributed by atoms with van der Waals surface area (Å²) in [5.41, 5.74) is 0.954. The molecule has 1 aromatic carbocycles. The highest BCUT2D eigenvalue weighted by Crippen LogP contribution is 2.24. The molecule has 1 aromatic rings. The molecule has 2 amide bonds. The lowest BCUT2D eigenvalue weighted by atomic mass is 10.0. The Bertz CT molecular complexity index is 565. The highest BCUT2D eigenvalue weighted by molar-refractivity contribution is 5.85. The van der Waals surface area contributed by atoms with E-state index in [1.54, 1.807) is 0 Å². The Balaban J connectivity index is 1.73. The summed E-state index contributed by atoms with van der Waals surface area (Å²) in [4.78, 5) is 29.1. The number of carbonyl (C=O) groups excluding carboxylic acids is 2. The van der Waals surface area contributed by atoms with Crippen molar-refractivity contribution in [2.75, 3.05) is 26.7 Å². The second kappa shape index (κ2) is 7.79. The quantitative estimate of drug-likeness (QED) is 0.868. The summed E-state index contributed by atoms with van der Waals surface area (Å²) in [5, 5.41) is 3.00. The van der Waals surface area contributed by atoms with Gasteiger partial charge in [-0.05, 0) is 44.7 Å². The second-order valence-corrected chi connectivity index (χ2v) is 6.96. The molecule has 0 aromatic heterocycles. The summed E-state index contributed by atoms with van der Waals surface area (Å²) in [7, 11) is 1.87. The van der Waals surface area contributed by atoms with Crippen LogP contribution in [0.2, 0.25) is 0 Å². The van der Waals surface area contributed by atoms with Crippen LogP contribution in [-0.2, 0) is 9.59 Å². The average Bonchev–Trinajstić information content (AvgIpc) is 3.40. The lowest BCUT2D eigenvalue weighted by Gasteiger charge is -2.34. The Kier molecular flexibility index (Phi) is 5.51. The maximum atomic E-state index is 13.1. The molecule has 1 heterocycles. The normalized spacial score (nSPS) is 19.2. The molecule has 0 unspecified atom stereocenters. The van der Waals surface area contributed by atoms with Gasteiger partial charge >= 0.3 is 0 Å². The van der Waals surface area contributed by atoms with Gasteiger partial charge in [0.05, 0.1) is 6.54 Å². The SMILES string of the molecule is CN(CC(=O)NC1CC1)[C@@H](C(=O)N1CCCCC1)c1ccccc1. The van der Waals surface area contributed by atoms with E-state index < -0.39 is 6.04 Å². The maximum Gasteiger partial charge on any atom is 0.244 e. The van der Waals surface area contributed by atoms with Gasteiger partial charge < -0.3 is 10.2 Å². The molecule has 0 bridgehead atoms. The Morgan fingerprint density at radius 3 is 2.46 bits per heavy atom. The lowest BCUT2D eigenvalue weighted by Crippen LogP contribution is -2.46. The first kappa shape index (κ1) is 17.0. The Hall–Kier alpha value is -1.88. The molecule has 2 fully saturated rings. The summed E-state index contributed by atoms with van der Waals surface area (Å²) in [6, 6.07) is 9.75. The minimum Gasteiger partial charge on any atom is -0.352 e. The number of likely N-dealkylation sites (tertiary alicyclic amines) is 1. The van der Waals surface area contributed by atoms with E-state index in [-0.39, 0.29) is 18.4 Å². The number of hydrogen-bond acceptors (Lipinski definition) is 3. The average molecular weight is 329 g/mol. The molecule has 24 heavy (non-hydrogen) atoms. The van der Waals surface area contributed by atoms with Gasteiger partial charge in [0.1, 0.15) is 6.04 Å². The zero-order chi connectivity index (χ0) is 16.9. The topological polar surface area (TPSA) is 52.7 Å². The van der Waals surface area contributed by atoms with Crippen molar-refractivity contribution in [2.45, 2.75) is 44.2 Å². The largest absolute Gasteiger partial charge is 0.352 e. The number of hydrogen-bond donors (Lipinski definition) is 1. The van der Waals surface area contributed by atoms with Gasteiger partial charge in [-0.1, -0.05) is 30.3 Å². The minimum absolute atomic E-state index is 0.00683. The molecule has 0 radical (unpaired) electrons. The Morgan fingerprint density at radius 2 is 1.83 bits per heavy atom. The van der Waals surface area contributed by atoms with Crippen molar-refractivity contribution in [3.05, 3.63) is 35.9 Å². The molecule has 1 atom stereocenters. The zero-order valence-corrected chi connectivity index (χ0v) is 14.4. The Labute approximate surface area is 144 Å². The van der Waals surface area contributed by atoms with Crippen molar-refractivity contribution in [2.24, 2.45) is 0 Å². The van der Waals surface area contributed by atoms with Gasteiger partial charge in [-0.3, -0.25) is 14.5 Å². The number of nitrogens with one attached hydrogen (secondary N) is 1. The van der Waals surface area contributed by atoms with Gasteiger partial charge in [-0.2, -0.15) is 0 Å². The molecule has 0 spiro atoms. The first-order chi connectivity index (χ1) is 11.6. The van der Waals surface area contributed by atoms with Crippen LogP contribution in [0.5, 0.6) is 0 Å². The standard InChI is InChI=1S/C19H27N3O2/c1-21(14-17(23)20-16-10-11-16)18(15-8-4-2-5-9-15)19(24)22-12-6-3-7-13-22/h2,4-5,8-9,16,18H,3,6-7,10-14H2,1H3,(H,20,23)/t18-/m1/s1. The van der Waals surface area contributed by atoms with Crippen LogP contribution in [0, 0.1) is 0 Å².